The Hall–Kier alpha value is -5.31. The Balaban J connectivity index is 1.13. The van der Waals surface area contributed by atoms with Gasteiger partial charge in [0.1, 0.15) is 35.3 Å². The number of carbonyl (C=O) groups excluding carboxylic acids is 1. The van der Waals surface area contributed by atoms with E-state index in [1.807, 2.05) is 36.4 Å². The number of hydrogen-bond donors (Lipinski definition) is 1. The highest BCUT2D eigenvalue weighted by Gasteiger charge is 2.43. The van der Waals surface area contributed by atoms with Crippen molar-refractivity contribution in [2.45, 2.75) is 24.4 Å². The van der Waals surface area contributed by atoms with Gasteiger partial charge in [-0.15, -0.1) is 0 Å². The first kappa shape index (κ1) is 26.3. The molecule has 1 aliphatic carbocycles. The van der Waals surface area contributed by atoms with E-state index in [9.17, 15) is 13.6 Å². The molecule has 3 aromatic carbocycles. The highest BCUT2D eigenvalue weighted by molar-refractivity contribution is 5.99. The molecule has 2 atom stereocenters. The summed E-state index contributed by atoms with van der Waals surface area (Å²) in [6.07, 6.45) is 3.39. The number of anilines is 1. The summed E-state index contributed by atoms with van der Waals surface area (Å²) in [5.74, 6) is 1.64. The standard InChI is InChI=1S/C35H26F2N4O3/c36-25-8-5-20(6-9-25)28-12-23(19-1-3-21(4-2-19)35(42)41-16-26(37)17-41)11-24-13-31(44-33(24)28)30-18-43-34(40-30)29-14-27(29)22-7-10-32(38)39-15-22/h1-13,15,18,26-27,29H,14,16-17H2,(H2,38,39)/t27-,29?/m1/s1. The van der Waals surface area contributed by atoms with Crippen molar-refractivity contribution < 1.29 is 22.4 Å². The predicted molar refractivity (Wildman–Crippen MR) is 162 cm³/mol. The van der Waals surface area contributed by atoms with Gasteiger partial charge in [-0.2, -0.15) is 0 Å². The third-order valence-electron chi connectivity index (χ3n) is 8.48. The number of carbonyl (C=O) groups is 1. The fourth-order valence-electron chi connectivity index (χ4n) is 5.91. The molecule has 0 bridgehead atoms. The van der Waals surface area contributed by atoms with Crippen molar-refractivity contribution in [3.8, 4) is 33.7 Å². The van der Waals surface area contributed by atoms with Crippen LogP contribution in [0.15, 0.2) is 100 Å². The molecule has 2 N–H and O–H groups in total. The molecule has 0 radical (unpaired) electrons. The third-order valence-corrected chi connectivity index (χ3v) is 8.48. The number of amides is 1. The minimum atomic E-state index is -0.948. The van der Waals surface area contributed by atoms with Gasteiger partial charge in [0.2, 0.25) is 0 Å². The van der Waals surface area contributed by atoms with E-state index in [4.69, 9.17) is 19.6 Å². The van der Waals surface area contributed by atoms with E-state index in [0.717, 1.165) is 39.6 Å². The minimum Gasteiger partial charge on any atom is -0.454 e. The van der Waals surface area contributed by atoms with Crippen LogP contribution in [0.5, 0.6) is 0 Å². The van der Waals surface area contributed by atoms with E-state index in [2.05, 4.69) is 4.98 Å². The van der Waals surface area contributed by atoms with Gasteiger partial charge < -0.3 is 19.5 Å². The van der Waals surface area contributed by atoms with E-state index in [1.165, 1.54) is 17.0 Å². The maximum Gasteiger partial charge on any atom is 0.254 e. The van der Waals surface area contributed by atoms with Crippen LogP contribution in [0.2, 0.25) is 0 Å². The summed E-state index contributed by atoms with van der Waals surface area (Å²) in [6, 6.07) is 23.3. The Labute approximate surface area is 251 Å². The number of hydrogen-bond acceptors (Lipinski definition) is 6. The zero-order chi connectivity index (χ0) is 29.9. The fraction of sp³-hybridized carbons (Fsp3) is 0.171. The van der Waals surface area contributed by atoms with Gasteiger partial charge in [0.05, 0.1) is 13.1 Å². The van der Waals surface area contributed by atoms with Crippen molar-refractivity contribution in [3.05, 3.63) is 114 Å². The van der Waals surface area contributed by atoms with Gasteiger partial charge in [-0.3, -0.25) is 4.79 Å². The second-order valence-electron chi connectivity index (χ2n) is 11.5. The predicted octanol–water partition coefficient (Wildman–Crippen LogP) is 7.60. The number of nitrogen functional groups attached to an aromatic ring is 1. The van der Waals surface area contributed by atoms with Crippen LogP contribution < -0.4 is 5.73 Å². The first-order valence-electron chi connectivity index (χ1n) is 14.4. The number of aromatic nitrogens is 2. The molecular weight excluding hydrogens is 562 g/mol. The van der Waals surface area contributed by atoms with Crippen LogP contribution in [0.1, 0.15) is 40.1 Å². The molecule has 1 unspecified atom stereocenters. The molecule has 8 rings (SSSR count). The van der Waals surface area contributed by atoms with Crippen LogP contribution in [-0.2, 0) is 0 Å². The number of oxazole rings is 1. The highest BCUT2D eigenvalue weighted by atomic mass is 19.1. The summed E-state index contributed by atoms with van der Waals surface area (Å²) in [6.45, 7) is 0.269. The second-order valence-corrected chi connectivity index (χ2v) is 11.5. The van der Waals surface area contributed by atoms with Crippen LogP contribution in [0.4, 0.5) is 14.6 Å². The molecule has 1 saturated heterocycles. The van der Waals surface area contributed by atoms with Crippen molar-refractivity contribution in [1.29, 1.82) is 0 Å². The van der Waals surface area contributed by atoms with Crippen LogP contribution in [-0.4, -0.2) is 40.0 Å². The number of fused-ring (bicyclic) bond motifs is 1. The number of likely N-dealkylation sites (tertiary alicyclic amines) is 1. The quantitative estimate of drug-likeness (QED) is 0.215. The monoisotopic (exact) mass is 588 g/mol. The number of furan rings is 1. The Morgan fingerprint density at radius 1 is 0.909 bits per heavy atom. The van der Waals surface area contributed by atoms with E-state index in [-0.39, 0.29) is 36.6 Å². The molecule has 44 heavy (non-hydrogen) atoms. The van der Waals surface area contributed by atoms with E-state index < -0.39 is 6.17 Å². The van der Waals surface area contributed by atoms with E-state index in [1.54, 1.807) is 42.8 Å². The summed E-state index contributed by atoms with van der Waals surface area (Å²) in [5.41, 5.74) is 12.0. The summed E-state index contributed by atoms with van der Waals surface area (Å²) in [7, 11) is 0. The first-order chi connectivity index (χ1) is 21.4. The molecule has 6 aromatic rings. The SMILES string of the molecule is Nc1ccc([C@H]2CC2c2nc(-c3cc4cc(-c5ccc(C(=O)N6CC(F)C6)cc5)cc(-c5ccc(F)cc5)c4o3)co2)cn1. The molecule has 4 heterocycles. The van der Waals surface area contributed by atoms with Crippen molar-refractivity contribution >= 4 is 22.7 Å². The number of pyridine rings is 1. The maximum atomic E-state index is 13.8. The lowest BCUT2D eigenvalue weighted by atomic mass is 9.96. The zero-order valence-electron chi connectivity index (χ0n) is 23.4. The third kappa shape index (κ3) is 4.70. The second kappa shape index (κ2) is 10.2. The summed E-state index contributed by atoms with van der Waals surface area (Å²) >= 11 is 0. The maximum absolute atomic E-state index is 13.8. The van der Waals surface area contributed by atoms with E-state index in [0.29, 0.717) is 34.3 Å². The molecule has 2 fully saturated rings. The number of alkyl halides is 1. The van der Waals surface area contributed by atoms with Crippen molar-refractivity contribution in [2.75, 3.05) is 18.8 Å². The van der Waals surface area contributed by atoms with Gasteiger partial charge in [-0.05, 0) is 83.1 Å². The zero-order valence-corrected chi connectivity index (χ0v) is 23.4. The summed E-state index contributed by atoms with van der Waals surface area (Å²) < 4.78 is 39.4. The molecule has 1 saturated carbocycles. The van der Waals surface area contributed by atoms with E-state index >= 15 is 0 Å². The minimum absolute atomic E-state index is 0.134. The molecule has 0 spiro atoms. The van der Waals surface area contributed by atoms with Gasteiger partial charge in [0.15, 0.2) is 11.7 Å². The smallest absolute Gasteiger partial charge is 0.254 e. The van der Waals surface area contributed by atoms with Crippen LogP contribution in [0.3, 0.4) is 0 Å². The topological polar surface area (TPSA) is 98.4 Å². The van der Waals surface area contributed by atoms with Crippen molar-refractivity contribution in [3.63, 3.8) is 0 Å². The van der Waals surface area contributed by atoms with Gasteiger partial charge in [0, 0.05) is 28.6 Å². The molecule has 3 aromatic heterocycles. The molecule has 218 valence electrons. The normalized spacial score (nSPS) is 18.0. The Kier molecular flexibility index (Phi) is 6.08. The van der Waals surface area contributed by atoms with Gasteiger partial charge in [-0.1, -0.05) is 30.3 Å². The van der Waals surface area contributed by atoms with Crippen LogP contribution >= 0.6 is 0 Å². The fourth-order valence-corrected chi connectivity index (χ4v) is 5.91. The number of rotatable bonds is 6. The van der Waals surface area contributed by atoms with Gasteiger partial charge in [0.25, 0.3) is 5.91 Å². The highest BCUT2D eigenvalue weighted by Crippen LogP contribution is 2.54. The lowest BCUT2D eigenvalue weighted by Crippen LogP contribution is -2.51. The van der Waals surface area contributed by atoms with Crippen LogP contribution in [0.25, 0.3) is 44.7 Å². The lowest BCUT2D eigenvalue weighted by molar-refractivity contribution is 0.0400. The average Bonchev–Trinajstić information content (AvgIpc) is 3.45. The molecular formula is C35H26F2N4O3. The number of halogens is 2. The number of nitrogens with zero attached hydrogens (tertiary/aromatic N) is 3. The molecule has 1 amide bonds. The Bertz CT molecular complexity index is 2010. The Morgan fingerprint density at radius 3 is 2.41 bits per heavy atom. The van der Waals surface area contributed by atoms with Gasteiger partial charge >= 0.3 is 0 Å². The Morgan fingerprint density at radius 2 is 1.68 bits per heavy atom. The van der Waals surface area contributed by atoms with Gasteiger partial charge in [-0.25, -0.2) is 18.7 Å². The molecule has 1 aliphatic heterocycles. The lowest BCUT2D eigenvalue weighted by Gasteiger charge is -2.34. The van der Waals surface area contributed by atoms with Crippen molar-refractivity contribution in [2.24, 2.45) is 0 Å². The summed E-state index contributed by atoms with van der Waals surface area (Å²) in [4.78, 5) is 23.1. The molecule has 9 heteroatoms. The number of benzene rings is 3. The largest absolute Gasteiger partial charge is 0.454 e. The molecule has 2 aliphatic rings. The molecule has 7 nitrogen and oxygen atoms in total. The average molecular weight is 589 g/mol. The van der Waals surface area contributed by atoms with Crippen molar-refractivity contribution in [1.82, 2.24) is 14.9 Å². The first-order valence-corrected chi connectivity index (χ1v) is 14.4. The number of nitrogens with two attached hydrogens (primary N) is 1. The summed E-state index contributed by atoms with van der Waals surface area (Å²) in [5, 5.41) is 0.841. The van der Waals surface area contributed by atoms with Crippen LogP contribution in [0, 0.1) is 5.82 Å².